The average Bonchev–Trinajstić information content (AvgIpc) is 2.28. The summed E-state index contributed by atoms with van der Waals surface area (Å²) < 4.78 is 0. The highest BCUT2D eigenvalue weighted by molar-refractivity contribution is 7.16. The molecule has 0 spiro atoms. The second kappa shape index (κ2) is 6.02. The Bertz CT molecular complexity index is 322. The molecular weight excluding hydrogens is 203 g/mol. The van der Waals surface area contributed by atoms with Gasteiger partial charge in [0.1, 0.15) is 0 Å². The molecule has 1 atom stereocenters. The number of benzene rings is 1. The second-order valence-electron chi connectivity index (χ2n) is 3.62. The van der Waals surface area contributed by atoms with Gasteiger partial charge in [-0.1, -0.05) is 32.0 Å². The molecule has 0 heterocycles. The second-order valence-corrected chi connectivity index (χ2v) is 4.20. The first kappa shape index (κ1) is 12.4. The molecule has 1 rings (SSSR count). The third-order valence-corrected chi connectivity index (χ3v) is 2.94. The van der Waals surface area contributed by atoms with Gasteiger partial charge in [-0.3, -0.25) is 4.79 Å². The highest BCUT2D eigenvalue weighted by Gasteiger charge is 2.13. The Morgan fingerprint density at radius 3 is 2.13 bits per heavy atom. The van der Waals surface area contributed by atoms with E-state index < -0.39 is 0 Å². The molecule has 2 heteroatoms. The summed E-state index contributed by atoms with van der Waals surface area (Å²) >= 11 is 0. The van der Waals surface area contributed by atoms with Crippen LogP contribution in [0.2, 0.25) is 0 Å². The van der Waals surface area contributed by atoms with Crippen molar-refractivity contribution in [2.75, 3.05) is 6.16 Å². The first-order chi connectivity index (χ1) is 7.24. The van der Waals surface area contributed by atoms with E-state index in [0.29, 0.717) is 12.2 Å². The predicted molar refractivity (Wildman–Crippen MR) is 68.7 cm³/mol. The van der Waals surface area contributed by atoms with Crippen molar-refractivity contribution >= 4 is 15.0 Å². The van der Waals surface area contributed by atoms with Gasteiger partial charge < -0.3 is 0 Å². The Hall–Kier alpha value is -0.680. The van der Waals surface area contributed by atoms with Crippen molar-refractivity contribution in [2.45, 2.75) is 33.1 Å². The molecule has 15 heavy (non-hydrogen) atoms. The van der Waals surface area contributed by atoms with E-state index in [1.807, 2.05) is 0 Å². The Labute approximate surface area is 94.5 Å². The number of carbonyl (C=O) groups excluding carboxylic acids is 1. The highest BCUT2D eigenvalue weighted by atomic mass is 31.0. The molecule has 0 amide bonds. The maximum Gasteiger partial charge on any atom is 0.163 e. The molecule has 0 saturated heterocycles. The number of hydrogen-bond donors (Lipinski definition) is 0. The summed E-state index contributed by atoms with van der Waals surface area (Å²) in [5.41, 5.74) is 3.36. The first-order valence-corrected chi connectivity index (χ1v) is 6.40. The standard InChI is InChI=1S/C13H19OP/c1-3-10-6-5-7-11(4-2)13(10)12(14)8-9-15/h5-7H,3-4,8-9,15H2,1-2H3. The van der Waals surface area contributed by atoms with Crippen molar-refractivity contribution in [2.24, 2.45) is 0 Å². The van der Waals surface area contributed by atoms with Gasteiger partial charge in [0.05, 0.1) is 0 Å². The van der Waals surface area contributed by atoms with E-state index in [1.54, 1.807) is 0 Å². The molecular formula is C13H19OP. The lowest BCUT2D eigenvalue weighted by Gasteiger charge is -2.11. The van der Waals surface area contributed by atoms with Crippen LogP contribution in [0.1, 0.15) is 41.8 Å². The quantitative estimate of drug-likeness (QED) is 0.552. The minimum absolute atomic E-state index is 0.291. The summed E-state index contributed by atoms with van der Waals surface area (Å²) in [7, 11) is 2.62. The number of rotatable bonds is 5. The maximum atomic E-state index is 12.0. The SMILES string of the molecule is CCc1cccc(CC)c1C(=O)CCP. The van der Waals surface area contributed by atoms with Crippen LogP contribution in [0.3, 0.4) is 0 Å². The fraction of sp³-hybridized carbons (Fsp3) is 0.462. The summed E-state index contributed by atoms with van der Waals surface area (Å²) in [6, 6.07) is 6.18. The molecule has 0 saturated carbocycles. The third-order valence-electron chi connectivity index (χ3n) is 2.65. The van der Waals surface area contributed by atoms with Gasteiger partial charge in [-0.15, -0.1) is 9.24 Å². The molecule has 0 fully saturated rings. The number of aryl methyl sites for hydroxylation is 2. The van der Waals surface area contributed by atoms with Crippen LogP contribution < -0.4 is 0 Å². The van der Waals surface area contributed by atoms with E-state index >= 15 is 0 Å². The lowest BCUT2D eigenvalue weighted by molar-refractivity contribution is 0.0988. The van der Waals surface area contributed by atoms with Gasteiger partial charge in [0.25, 0.3) is 0 Å². The van der Waals surface area contributed by atoms with Gasteiger partial charge >= 0.3 is 0 Å². The van der Waals surface area contributed by atoms with Gasteiger partial charge in [-0.25, -0.2) is 0 Å². The fourth-order valence-electron chi connectivity index (χ4n) is 1.86. The van der Waals surface area contributed by atoms with Gasteiger partial charge in [-0.2, -0.15) is 0 Å². The Balaban J connectivity index is 3.15. The molecule has 1 nitrogen and oxygen atoms in total. The molecule has 0 radical (unpaired) electrons. The van der Waals surface area contributed by atoms with Crippen LogP contribution in [0, 0.1) is 0 Å². The van der Waals surface area contributed by atoms with E-state index in [2.05, 4.69) is 41.3 Å². The molecule has 1 aromatic rings. The van der Waals surface area contributed by atoms with E-state index in [9.17, 15) is 4.79 Å². The van der Waals surface area contributed by atoms with Crippen LogP contribution in [-0.2, 0) is 12.8 Å². The van der Waals surface area contributed by atoms with Gasteiger partial charge in [0, 0.05) is 12.0 Å². The van der Waals surface area contributed by atoms with Crippen LogP contribution in [0.15, 0.2) is 18.2 Å². The highest BCUT2D eigenvalue weighted by Crippen LogP contribution is 2.18. The van der Waals surface area contributed by atoms with Crippen molar-refractivity contribution in [3.05, 3.63) is 34.9 Å². The topological polar surface area (TPSA) is 17.1 Å². The molecule has 0 aliphatic carbocycles. The summed E-state index contributed by atoms with van der Waals surface area (Å²) in [5, 5.41) is 0. The molecule has 0 bridgehead atoms. The van der Waals surface area contributed by atoms with Crippen LogP contribution in [-0.4, -0.2) is 11.9 Å². The number of ketones is 1. The number of carbonyl (C=O) groups is 1. The number of hydrogen-bond acceptors (Lipinski definition) is 1. The van der Waals surface area contributed by atoms with E-state index in [1.165, 1.54) is 11.1 Å². The molecule has 0 aromatic heterocycles. The zero-order chi connectivity index (χ0) is 11.3. The minimum Gasteiger partial charge on any atom is -0.294 e. The van der Waals surface area contributed by atoms with E-state index in [-0.39, 0.29) is 0 Å². The van der Waals surface area contributed by atoms with E-state index in [0.717, 1.165) is 24.6 Å². The van der Waals surface area contributed by atoms with Crippen LogP contribution in [0.5, 0.6) is 0 Å². The molecule has 82 valence electrons. The molecule has 0 aliphatic heterocycles. The zero-order valence-corrected chi connectivity index (χ0v) is 10.7. The molecule has 0 aliphatic rings. The maximum absolute atomic E-state index is 12.0. The third kappa shape index (κ3) is 2.89. The Morgan fingerprint density at radius 1 is 1.20 bits per heavy atom. The fourth-order valence-corrected chi connectivity index (χ4v) is 2.12. The van der Waals surface area contributed by atoms with Crippen molar-refractivity contribution in [3.8, 4) is 0 Å². The molecule has 0 N–H and O–H groups in total. The van der Waals surface area contributed by atoms with E-state index in [4.69, 9.17) is 0 Å². The average molecular weight is 222 g/mol. The van der Waals surface area contributed by atoms with Gasteiger partial charge in [0.2, 0.25) is 0 Å². The first-order valence-electron chi connectivity index (χ1n) is 5.58. The minimum atomic E-state index is 0.291. The molecule has 1 unspecified atom stereocenters. The van der Waals surface area contributed by atoms with Gasteiger partial charge in [0.15, 0.2) is 5.78 Å². The van der Waals surface area contributed by atoms with Crippen molar-refractivity contribution in [1.29, 1.82) is 0 Å². The summed E-state index contributed by atoms with van der Waals surface area (Å²) in [6.45, 7) is 4.21. The number of Topliss-reactive ketones (excluding diaryl/α,β-unsaturated/α-hetero) is 1. The van der Waals surface area contributed by atoms with Crippen molar-refractivity contribution < 1.29 is 4.79 Å². The monoisotopic (exact) mass is 222 g/mol. The smallest absolute Gasteiger partial charge is 0.163 e. The predicted octanol–water partition coefficient (Wildman–Crippen LogP) is 3.26. The summed E-state index contributed by atoms with van der Waals surface area (Å²) in [5.74, 6) is 0.291. The lowest BCUT2D eigenvalue weighted by atomic mass is 9.93. The van der Waals surface area contributed by atoms with Crippen LogP contribution in [0.25, 0.3) is 0 Å². The van der Waals surface area contributed by atoms with Crippen LogP contribution in [0.4, 0.5) is 0 Å². The summed E-state index contributed by atoms with van der Waals surface area (Å²) in [4.78, 5) is 12.0. The lowest BCUT2D eigenvalue weighted by Crippen LogP contribution is -2.08. The van der Waals surface area contributed by atoms with Crippen LogP contribution >= 0.6 is 9.24 Å². The van der Waals surface area contributed by atoms with Crippen molar-refractivity contribution in [3.63, 3.8) is 0 Å². The molecule has 1 aromatic carbocycles. The Morgan fingerprint density at radius 2 is 1.73 bits per heavy atom. The van der Waals surface area contributed by atoms with Gasteiger partial charge in [-0.05, 0) is 30.1 Å². The normalized spacial score (nSPS) is 10.3. The Kier molecular flexibility index (Phi) is 4.98. The summed E-state index contributed by atoms with van der Waals surface area (Å²) in [6.07, 6.45) is 3.35. The zero-order valence-electron chi connectivity index (χ0n) is 9.55. The van der Waals surface area contributed by atoms with Crippen molar-refractivity contribution in [1.82, 2.24) is 0 Å². The largest absolute Gasteiger partial charge is 0.294 e.